The van der Waals surface area contributed by atoms with E-state index in [4.69, 9.17) is 28.9 Å². The Balaban J connectivity index is 0.00000264. The average molecular weight is 394 g/mol. The summed E-state index contributed by atoms with van der Waals surface area (Å²) in [6.07, 6.45) is 0. The van der Waals surface area contributed by atoms with Gasteiger partial charge in [0.15, 0.2) is 0 Å². The Hall–Kier alpha value is -0.780. The van der Waals surface area contributed by atoms with Crippen LogP contribution in [0, 0.1) is 0 Å². The molecule has 0 aliphatic rings. The summed E-state index contributed by atoms with van der Waals surface area (Å²) >= 11 is 13.0. The van der Waals surface area contributed by atoms with Crippen LogP contribution in [0.3, 0.4) is 0 Å². The summed E-state index contributed by atoms with van der Waals surface area (Å²) in [6.45, 7) is 4.62. The van der Waals surface area contributed by atoms with Crippen LogP contribution in [-0.2, 0) is 0 Å². The molecule has 1 heterocycles. The van der Waals surface area contributed by atoms with E-state index in [1.807, 2.05) is 12.1 Å². The van der Waals surface area contributed by atoms with Gasteiger partial charge in [0.05, 0.1) is 9.90 Å². The number of carbonyl (C=O) groups is 1. The first-order chi connectivity index (χ1) is 10.4. The zero-order chi connectivity index (χ0) is 16.3. The van der Waals surface area contributed by atoms with Gasteiger partial charge >= 0.3 is 0 Å². The van der Waals surface area contributed by atoms with Crippen LogP contribution >= 0.6 is 46.9 Å². The van der Waals surface area contributed by atoms with E-state index >= 15 is 0 Å². The molecule has 2 aromatic rings. The van der Waals surface area contributed by atoms with E-state index in [1.165, 1.54) is 16.9 Å². The first kappa shape index (κ1) is 20.3. The Labute approximate surface area is 156 Å². The third kappa shape index (κ3) is 5.37. The molecule has 0 aliphatic carbocycles. The van der Waals surface area contributed by atoms with Gasteiger partial charge in [-0.2, -0.15) is 0 Å². The Morgan fingerprint density at radius 1 is 1.22 bits per heavy atom. The molecule has 0 fully saturated rings. The molecule has 2 rings (SSSR count). The van der Waals surface area contributed by atoms with Crippen molar-refractivity contribution < 1.29 is 4.79 Å². The minimum Gasteiger partial charge on any atom is -0.350 e. The largest absolute Gasteiger partial charge is 0.350 e. The fourth-order valence-electron chi connectivity index (χ4n) is 2.04. The molecule has 1 unspecified atom stereocenters. The van der Waals surface area contributed by atoms with Gasteiger partial charge in [0.25, 0.3) is 5.91 Å². The van der Waals surface area contributed by atoms with Crippen molar-refractivity contribution in [2.24, 2.45) is 5.73 Å². The van der Waals surface area contributed by atoms with Crippen molar-refractivity contribution >= 4 is 52.9 Å². The van der Waals surface area contributed by atoms with Crippen molar-refractivity contribution in [2.75, 3.05) is 6.54 Å². The maximum absolute atomic E-state index is 12.1. The van der Waals surface area contributed by atoms with E-state index in [-0.39, 0.29) is 24.4 Å². The normalized spacial score (nSPS) is 11.9. The Morgan fingerprint density at radius 2 is 1.78 bits per heavy atom. The molecule has 126 valence electrons. The second-order valence-corrected chi connectivity index (χ2v) is 7.66. The van der Waals surface area contributed by atoms with Crippen molar-refractivity contribution in [3.05, 3.63) is 55.7 Å². The van der Waals surface area contributed by atoms with Gasteiger partial charge in [0, 0.05) is 12.6 Å². The summed E-state index contributed by atoms with van der Waals surface area (Å²) in [5.74, 6) is 0.220. The molecule has 3 N–H and O–H groups in total. The lowest BCUT2D eigenvalue weighted by Crippen LogP contribution is -2.31. The Kier molecular flexibility index (Phi) is 7.84. The minimum absolute atomic E-state index is 0. The summed E-state index contributed by atoms with van der Waals surface area (Å²) in [5.41, 5.74) is 8.76. The van der Waals surface area contributed by atoms with Crippen LogP contribution in [0.4, 0.5) is 0 Å². The number of nitrogens with two attached hydrogens (primary N) is 1. The van der Waals surface area contributed by atoms with Gasteiger partial charge in [-0.1, -0.05) is 61.3 Å². The summed E-state index contributed by atoms with van der Waals surface area (Å²) < 4.78 is 0.876. The average Bonchev–Trinajstić information content (AvgIpc) is 2.83. The number of halogens is 3. The maximum Gasteiger partial charge on any atom is 0.253 e. The van der Waals surface area contributed by atoms with Crippen LogP contribution in [0.5, 0.6) is 0 Å². The second-order valence-electron chi connectivity index (χ2n) is 5.38. The van der Waals surface area contributed by atoms with Crippen LogP contribution in [0.15, 0.2) is 30.3 Å². The van der Waals surface area contributed by atoms with E-state index in [0.717, 1.165) is 5.56 Å². The van der Waals surface area contributed by atoms with Crippen molar-refractivity contribution in [1.29, 1.82) is 0 Å². The number of nitrogens with one attached hydrogen (secondary N) is 1. The summed E-state index contributed by atoms with van der Waals surface area (Å²) in [6, 6.07) is 9.43. The van der Waals surface area contributed by atoms with Crippen LogP contribution in [0.2, 0.25) is 8.67 Å². The van der Waals surface area contributed by atoms with Crippen molar-refractivity contribution in [2.45, 2.75) is 25.8 Å². The first-order valence-electron chi connectivity index (χ1n) is 6.97. The molecule has 23 heavy (non-hydrogen) atoms. The number of carbonyl (C=O) groups excluding carboxylic acids is 1. The first-order valence-corrected chi connectivity index (χ1v) is 8.54. The molecule has 1 aromatic heterocycles. The van der Waals surface area contributed by atoms with Gasteiger partial charge in [-0.3, -0.25) is 4.79 Å². The number of benzene rings is 1. The lowest BCUT2D eigenvalue weighted by molar-refractivity contribution is 0.0952. The lowest BCUT2D eigenvalue weighted by Gasteiger charge is -2.14. The molecule has 0 saturated carbocycles. The molecule has 7 heteroatoms. The third-order valence-electron chi connectivity index (χ3n) is 3.42. The fourth-order valence-corrected chi connectivity index (χ4v) is 3.50. The van der Waals surface area contributed by atoms with Gasteiger partial charge in [-0.25, -0.2) is 0 Å². The number of rotatable bonds is 5. The van der Waals surface area contributed by atoms with Crippen molar-refractivity contribution in [3.63, 3.8) is 0 Å². The van der Waals surface area contributed by atoms with Gasteiger partial charge in [-0.15, -0.1) is 23.7 Å². The molecule has 1 amide bonds. The highest BCUT2D eigenvalue weighted by Gasteiger charge is 2.15. The zero-order valence-corrected chi connectivity index (χ0v) is 16.0. The van der Waals surface area contributed by atoms with Gasteiger partial charge < -0.3 is 11.1 Å². The molecule has 3 nitrogen and oxygen atoms in total. The SMILES string of the molecule is CC(C)c1ccc(C(N)CNC(=O)c2cc(Cl)sc2Cl)cc1.Cl. The smallest absolute Gasteiger partial charge is 0.253 e. The molecule has 0 spiro atoms. The third-order valence-corrected chi connectivity index (χ3v) is 4.90. The molecule has 0 saturated heterocycles. The molecule has 0 bridgehead atoms. The van der Waals surface area contributed by atoms with Crippen LogP contribution < -0.4 is 11.1 Å². The molecule has 0 radical (unpaired) electrons. The molecular weight excluding hydrogens is 375 g/mol. The van der Waals surface area contributed by atoms with Crippen LogP contribution in [-0.4, -0.2) is 12.5 Å². The van der Waals surface area contributed by atoms with E-state index in [1.54, 1.807) is 6.07 Å². The molecule has 0 aliphatic heterocycles. The Morgan fingerprint density at radius 3 is 2.26 bits per heavy atom. The number of hydrogen-bond donors (Lipinski definition) is 2. The predicted molar refractivity (Wildman–Crippen MR) is 101 cm³/mol. The van der Waals surface area contributed by atoms with E-state index in [0.29, 0.717) is 26.7 Å². The minimum atomic E-state index is -0.266. The Bertz CT molecular complexity index is 656. The summed E-state index contributed by atoms with van der Waals surface area (Å²) in [4.78, 5) is 12.1. The fraction of sp³-hybridized carbons (Fsp3) is 0.312. The predicted octanol–water partition coefficient (Wildman–Crippen LogP) is 5.03. The molecule has 1 atom stereocenters. The quantitative estimate of drug-likeness (QED) is 0.748. The van der Waals surface area contributed by atoms with Crippen LogP contribution in [0.25, 0.3) is 0 Å². The van der Waals surface area contributed by atoms with Gasteiger partial charge in [0.1, 0.15) is 4.34 Å². The van der Waals surface area contributed by atoms with E-state index in [9.17, 15) is 4.79 Å². The standard InChI is InChI=1S/C16H18Cl2N2OS.ClH/c1-9(2)10-3-5-11(6-4-10)13(19)8-20-16(21)12-7-14(17)22-15(12)18;/h3-7,9,13H,8,19H2,1-2H3,(H,20,21);1H. The van der Waals surface area contributed by atoms with Crippen molar-refractivity contribution in [1.82, 2.24) is 5.32 Å². The highest BCUT2D eigenvalue weighted by atomic mass is 35.5. The molecular formula is C16H19Cl3N2OS. The number of amides is 1. The second kappa shape index (κ2) is 8.90. The van der Waals surface area contributed by atoms with Gasteiger partial charge in [-0.05, 0) is 23.1 Å². The highest BCUT2D eigenvalue weighted by molar-refractivity contribution is 7.20. The highest BCUT2D eigenvalue weighted by Crippen LogP contribution is 2.31. The topological polar surface area (TPSA) is 55.1 Å². The zero-order valence-electron chi connectivity index (χ0n) is 12.8. The summed E-state index contributed by atoms with van der Waals surface area (Å²) in [7, 11) is 0. The number of hydrogen-bond acceptors (Lipinski definition) is 3. The number of thiophene rings is 1. The van der Waals surface area contributed by atoms with E-state index in [2.05, 4.69) is 31.3 Å². The molecule has 1 aromatic carbocycles. The van der Waals surface area contributed by atoms with E-state index < -0.39 is 0 Å². The van der Waals surface area contributed by atoms with Crippen molar-refractivity contribution in [3.8, 4) is 0 Å². The summed E-state index contributed by atoms with van der Waals surface area (Å²) in [5, 5.41) is 2.79. The van der Waals surface area contributed by atoms with Crippen LogP contribution in [0.1, 0.15) is 47.3 Å². The van der Waals surface area contributed by atoms with Gasteiger partial charge in [0.2, 0.25) is 0 Å². The lowest BCUT2D eigenvalue weighted by atomic mass is 9.99. The monoisotopic (exact) mass is 392 g/mol. The maximum atomic E-state index is 12.1.